The molecule has 8 rings (SSSR count). The van der Waals surface area contributed by atoms with E-state index in [1.54, 1.807) is 6.20 Å². The van der Waals surface area contributed by atoms with Gasteiger partial charge in [0.05, 0.1) is 11.1 Å². The molecule has 1 N–H and O–H groups in total. The van der Waals surface area contributed by atoms with Crippen LogP contribution in [0.15, 0.2) is 120 Å². The number of pyridine rings is 1. The monoisotopic (exact) mass is 779 g/mol. The summed E-state index contributed by atoms with van der Waals surface area (Å²) in [5.74, 6) is 0.953. The largest absolute Gasteiger partial charge is 0.507 e. The van der Waals surface area contributed by atoms with Crippen molar-refractivity contribution in [1.29, 1.82) is 0 Å². The van der Waals surface area contributed by atoms with Crippen molar-refractivity contribution in [2.75, 3.05) is 0 Å². The van der Waals surface area contributed by atoms with E-state index < -0.39 is 0 Å². The van der Waals surface area contributed by atoms with Gasteiger partial charge in [0.1, 0.15) is 17.2 Å². The molecule has 0 bridgehead atoms. The third kappa shape index (κ3) is 5.21. The summed E-state index contributed by atoms with van der Waals surface area (Å²) in [5.41, 5.74) is 9.21. The van der Waals surface area contributed by atoms with Gasteiger partial charge >= 0.3 is 0 Å². The van der Waals surface area contributed by atoms with Crippen molar-refractivity contribution >= 4 is 32.7 Å². The Morgan fingerprint density at radius 2 is 1.59 bits per heavy atom. The van der Waals surface area contributed by atoms with Gasteiger partial charge < -0.3 is 14.5 Å². The Labute approximate surface area is 281 Å². The fraction of sp³-hybridized carbons (Fsp3) is 0.100. The zero-order valence-corrected chi connectivity index (χ0v) is 27.7. The number of benzene rings is 5. The van der Waals surface area contributed by atoms with Crippen molar-refractivity contribution in [1.82, 2.24) is 14.5 Å². The number of rotatable bonds is 6. The third-order valence-electron chi connectivity index (χ3n) is 8.53. The predicted octanol–water partition coefficient (Wildman–Crippen LogP) is 9.56. The molecule has 0 unspecified atom stereocenters. The summed E-state index contributed by atoms with van der Waals surface area (Å²) in [6.07, 6.45) is 4.98. The summed E-state index contributed by atoms with van der Waals surface area (Å²) < 4.78 is 8.36. The van der Waals surface area contributed by atoms with E-state index in [0.717, 1.165) is 60.9 Å². The number of hydrogen-bond acceptors (Lipinski definition) is 4. The second kappa shape index (κ2) is 12.1. The van der Waals surface area contributed by atoms with Crippen molar-refractivity contribution in [2.45, 2.75) is 26.7 Å². The smallest absolute Gasteiger partial charge is 0.148 e. The van der Waals surface area contributed by atoms with Gasteiger partial charge in [0.15, 0.2) is 0 Å². The molecule has 0 spiro atoms. The molecule has 5 nitrogen and oxygen atoms in total. The van der Waals surface area contributed by atoms with E-state index in [2.05, 4.69) is 73.4 Å². The maximum Gasteiger partial charge on any atom is 0.148 e. The Morgan fingerprint density at radius 3 is 2.43 bits per heavy atom. The van der Waals surface area contributed by atoms with Crippen molar-refractivity contribution in [3.63, 3.8) is 0 Å². The van der Waals surface area contributed by atoms with Crippen LogP contribution >= 0.6 is 0 Å². The number of para-hydroxylation sites is 2. The fourth-order valence-electron chi connectivity index (χ4n) is 6.50. The van der Waals surface area contributed by atoms with Gasteiger partial charge in [0.2, 0.25) is 0 Å². The molecule has 5 aromatic carbocycles. The molecule has 0 saturated carbocycles. The minimum atomic E-state index is 0. The first-order chi connectivity index (χ1) is 22.0. The summed E-state index contributed by atoms with van der Waals surface area (Å²) in [6, 6.07) is 38.3. The Balaban J connectivity index is 0.00000338. The van der Waals surface area contributed by atoms with Crippen LogP contribution in [0, 0.1) is 19.9 Å². The Kier molecular flexibility index (Phi) is 7.80. The minimum absolute atomic E-state index is 0. The van der Waals surface area contributed by atoms with Crippen LogP contribution in [0.25, 0.3) is 61.0 Å². The van der Waals surface area contributed by atoms with Crippen LogP contribution in [-0.2, 0) is 33.9 Å². The zero-order valence-electron chi connectivity index (χ0n) is 25.4. The molecule has 0 fully saturated rings. The summed E-state index contributed by atoms with van der Waals surface area (Å²) in [7, 11) is 0. The third-order valence-corrected chi connectivity index (χ3v) is 8.53. The van der Waals surface area contributed by atoms with Crippen LogP contribution < -0.4 is 0 Å². The number of hydrogen-bond donors (Lipinski definition) is 1. The zero-order chi connectivity index (χ0) is 30.5. The summed E-state index contributed by atoms with van der Waals surface area (Å²) >= 11 is 0. The molecule has 0 atom stereocenters. The molecule has 6 heteroatoms. The van der Waals surface area contributed by atoms with Crippen molar-refractivity contribution in [3.05, 3.63) is 144 Å². The molecule has 0 aliphatic rings. The first-order valence-corrected chi connectivity index (χ1v) is 15.2. The van der Waals surface area contributed by atoms with Gasteiger partial charge in [-0.05, 0) is 78.7 Å². The van der Waals surface area contributed by atoms with Gasteiger partial charge in [-0.25, -0.2) is 4.98 Å². The molecule has 8 aromatic rings. The van der Waals surface area contributed by atoms with Crippen LogP contribution in [0.3, 0.4) is 0 Å². The summed E-state index contributed by atoms with van der Waals surface area (Å²) in [4.78, 5) is 9.84. The molecule has 228 valence electrons. The van der Waals surface area contributed by atoms with Crippen molar-refractivity contribution < 1.29 is 30.6 Å². The van der Waals surface area contributed by atoms with E-state index in [9.17, 15) is 5.11 Å². The maximum absolute atomic E-state index is 11.6. The normalized spacial score (nSPS) is 11.3. The number of phenolic OH excluding ortho intramolecular Hbond substituents is 1. The van der Waals surface area contributed by atoms with E-state index in [4.69, 9.17) is 9.40 Å². The second-order valence-corrected chi connectivity index (χ2v) is 11.6. The number of fused-ring (bicyclic) bond motifs is 4. The quantitative estimate of drug-likeness (QED) is 0.171. The first kappa shape index (κ1) is 29.7. The van der Waals surface area contributed by atoms with E-state index >= 15 is 0 Å². The molecule has 0 amide bonds. The SMILES string of the molecule is Cc1cc(C)cc(-n2ccnc2-c2cccc(CCc3nc(-c4[c-]ccc5c4oc4ccccc45)cc4ccccc34)c2O)c1.[Pt]. The first-order valence-electron chi connectivity index (χ1n) is 15.2. The van der Waals surface area contributed by atoms with Gasteiger partial charge in [-0.15, -0.1) is 18.2 Å². The number of aromatic hydroxyl groups is 1. The molecule has 46 heavy (non-hydrogen) atoms. The summed E-state index contributed by atoms with van der Waals surface area (Å²) in [6.45, 7) is 4.18. The van der Waals surface area contributed by atoms with E-state index in [0.29, 0.717) is 24.2 Å². The van der Waals surface area contributed by atoms with Crippen LogP contribution in [-0.4, -0.2) is 19.6 Å². The number of furan rings is 1. The van der Waals surface area contributed by atoms with Crippen LogP contribution in [0.1, 0.15) is 22.4 Å². The number of aromatic nitrogens is 3. The topological polar surface area (TPSA) is 64.1 Å². The van der Waals surface area contributed by atoms with Gasteiger partial charge in [-0.1, -0.05) is 77.7 Å². The van der Waals surface area contributed by atoms with E-state index in [-0.39, 0.29) is 26.8 Å². The number of aryl methyl sites for hydroxylation is 4. The average Bonchev–Trinajstić information content (AvgIpc) is 3.69. The van der Waals surface area contributed by atoms with Crippen LogP contribution in [0.5, 0.6) is 5.75 Å². The Hall–Kier alpha value is -4.99. The van der Waals surface area contributed by atoms with Gasteiger partial charge in [0, 0.05) is 55.6 Å². The van der Waals surface area contributed by atoms with Crippen molar-refractivity contribution in [2.24, 2.45) is 0 Å². The van der Waals surface area contributed by atoms with Crippen molar-refractivity contribution in [3.8, 4) is 34.1 Å². The Morgan fingerprint density at radius 1 is 0.804 bits per heavy atom. The van der Waals surface area contributed by atoms with Crippen LogP contribution in [0.2, 0.25) is 0 Å². The number of nitrogens with zero attached hydrogens (tertiary/aromatic N) is 3. The molecule has 0 aliphatic heterocycles. The second-order valence-electron chi connectivity index (χ2n) is 11.6. The van der Waals surface area contributed by atoms with Gasteiger partial charge in [-0.2, -0.15) is 0 Å². The molecule has 0 radical (unpaired) electrons. The van der Waals surface area contributed by atoms with Crippen LogP contribution in [0.4, 0.5) is 0 Å². The number of phenols is 1. The molecule has 3 heterocycles. The molecular formula is C40H30N3O2Pt-. The number of imidazole rings is 1. The molecule has 3 aromatic heterocycles. The maximum atomic E-state index is 11.6. The van der Waals surface area contributed by atoms with E-state index in [1.807, 2.05) is 65.4 Å². The molecule has 0 aliphatic carbocycles. The van der Waals surface area contributed by atoms with E-state index in [1.165, 1.54) is 11.1 Å². The Bertz CT molecular complexity index is 2370. The summed E-state index contributed by atoms with van der Waals surface area (Å²) in [5, 5.41) is 15.9. The average molecular weight is 780 g/mol. The molecular weight excluding hydrogens is 750 g/mol. The van der Waals surface area contributed by atoms with Gasteiger partial charge in [0.25, 0.3) is 0 Å². The molecule has 0 saturated heterocycles. The fourth-order valence-corrected chi connectivity index (χ4v) is 6.50. The predicted molar refractivity (Wildman–Crippen MR) is 181 cm³/mol. The standard InChI is InChI=1S/C40H30N3O2.Pt/c1-25-21-26(2)23-29(22-25)43-20-19-41-40(43)34-15-7-10-27(38(34)44)17-18-35-30-11-4-3-9-28(30)24-36(42-35)33-14-8-13-32-31-12-5-6-16-37(31)45-39(32)33;/h3-13,15-16,19-24,44H,17-18H2,1-2H3;/q-1;. The van der Waals surface area contributed by atoms with Gasteiger partial charge in [-0.3, -0.25) is 4.57 Å². The minimum Gasteiger partial charge on any atom is -0.507 e.